The standard InChI is InChI=1S/C6H5.CH3.ClH.Zn/c1-2-4-6-5-3-1;;;/h1-5H;1H3;1H;/q2*-1;;+2. The second-order valence-electron chi connectivity index (χ2n) is 1.08. The molecule has 0 atom stereocenters. The molecule has 1 aromatic rings. The Bertz CT molecular complexity index is 80.8. The molecular weight excluding hydrogens is 185 g/mol. The van der Waals surface area contributed by atoms with E-state index in [1.807, 2.05) is 30.3 Å². The first-order valence-electron chi connectivity index (χ1n) is 1.91. The van der Waals surface area contributed by atoms with Crippen LogP contribution < -0.4 is 0 Å². The van der Waals surface area contributed by atoms with Gasteiger partial charge in [-0.1, -0.05) is 0 Å². The van der Waals surface area contributed by atoms with Crippen LogP contribution in [0.3, 0.4) is 0 Å². The van der Waals surface area contributed by atoms with Crippen molar-refractivity contribution in [2.24, 2.45) is 0 Å². The third-order valence-electron chi connectivity index (χ3n) is 0.607. The molecule has 2 heteroatoms. The van der Waals surface area contributed by atoms with Crippen molar-refractivity contribution in [1.82, 2.24) is 0 Å². The predicted molar refractivity (Wildman–Crippen MR) is 38.9 cm³/mol. The van der Waals surface area contributed by atoms with Gasteiger partial charge in [-0.15, -0.1) is 12.4 Å². The van der Waals surface area contributed by atoms with Gasteiger partial charge in [-0.25, -0.2) is 0 Å². The second-order valence-corrected chi connectivity index (χ2v) is 1.08. The fourth-order valence-corrected chi connectivity index (χ4v) is 0.342. The van der Waals surface area contributed by atoms with Crippen molar-refractivity contribution in [3.8, 4) is 0 Å². The molecule has 0 amide bonds. The van der Waals surface area contributed by atoms with Crippen LogP contribution in [-0.2, 0) is 19.5 Å². The minimum atomic E-state index is 0. The summed E-state index contributed by atoms with van der Waals surface area (Å²) in [4.78, 5) is 0. The molecule has 0 radical (unpaired) electrons. The van der Waals surface area contributed by atoms with E-state index in [2.05, 4.69) is 6.07 Å². The van der Waals surface area contributed by atoms with Gasteiger partial charge in [0.2, 0.25) is 0 Å². The van der Waals surface area contributed by atoms with E-state index in [1.54, 1.807) is 0 Å². The Hall–Kier alpha value is 0.133. The quantitative estimate of drug-likeness (QED) is 0.439. The van der Waals surface area contributed by atoms with Crippen molar-refractivity contribution in [2.45, 2.75) is 0 Å². The van der Waals surface area contributed by atoms with Crippen LogP contribution >= 0.6 is 12.4 Å². The van der Waals surface area contributed by atoms with E-state index in [4.69, 9.17) is 0 Å². The molecule has 0 nitrogen and oxygen atoms in total. The first-order chi connectivity index (χ1) is 3.00. The van der Waals surface area contributed by atoms with Gasteiger partial charge in [0.15, 0.2) is 0 Å². The zero-order valence-electron chi connectivity index (χ0n) is 5.50. The average molecular weight is 194 g/mol. The van der Waals surface area contributed by atoms with E-state index in [0.29, 0.717) is 0 Å². The van der Waals surface area contributed by atoms with E-state index in [-0.39, 0.29) is 39.3 Å². The molecule has 0 saturated carbocycles. The molecule has 0 saturated heterocycles. The summed E-state index contributed by atoms with van der Waals surface area (Å²) < 4.78 is 0. The number of hydrogen-bond acceptors (Lipinski definition) is 0. The van der Waals surface area contributed by atoms with Gasteiger partial charge < -0.3 is 7.43 Å². The number of hydrogen-bond donors (Lipinski definition) is 0. The van der Waals surface area contributed by atoms with Crippen molar-refractivity contribution < 1.29 is 19.5 Å². The monoisotopic (exact) mass is 192 g/mol. The molecule has 9 heavy (non-hydrogen) atoms. The molecule has 0 aliphatic heterocycles. The largest absolute Gasteiger partial charge is 2.00 e. The number of rotatable bonds is 0. The van der Waals surface area contributed by atoms with Gasteiger partial charge in [-0.05, 0) is 0 Å². The van der Waals surface area contributed by atoms with Gasteiger partial charge >= 0.3 is 19.5 Å². The maximum atomic E-state index is 2.89. The van der Waals surface area contributed by atoms with Gasteiger partial charge in [0.05, 0.1) is 0 Å². The molecule has 0 aliphatic rings. The first-order valence-corrected chi connectivity index (χ1v) is 1.91. The van der Waals surface area contributed by atoms with Crippen molar-refractivity contribution in [3.63, 3.8) is 0 Å². The molecule has 0 N–H and O–H groups in total. The summed E-state index contributed by atoms with van der Waals surface area (Å²) in [5.41, 5.74) is 0. The fraction of sp³-hybridized carbons (Fsp3) is 0. The topological polar surface area (TPSA) is 0 Å². The van der Waals surface area contributed by atoms with Crippen LogP contribution in [0.5, 0.6) is 0 Å². The predicted octanol–water partition coefficient (Wildman–Crippen LogP) is 2.36. The Kier molecular flexibility index (Phi) is 19.6. The van der Waals surface area contributed by atoms with Crippen molar-refractivity contribution in [2.75, 3.05) is 0 Å². The average Bonchev–Trinajstić information content (AvgIpc) is 1.72. The minimum Gasteiger partial charge on any atom is -0.358 e. The van der Waals surface area contributed by atoms with Crippen molar-refractivity contribution >= 4 is 12.4 Å². The molecule has 1 aromatic carbocycles. The Labute approximate surface area is 75.8 Å². The van der Waals surface area contributed by atoms with Crippen molar-refractivity contribution in [1.29, 1.82) is 0 Å². The number of benzene rings is 1. The minimum absolute atomic E-state index is 0. The van der Waals surface area contributed by atoms with Gasteiger partial charge in [0, 0.05) is 0 Å². The Balaban J connectivity index is -0.000000120. The summed E-state index contributed by atoms with van der Waals surface area (Å²) in [7, 11) is 0. The smallest absolute Gasteiger partial charge is 0.358 e. The third kappa shape index (κ3) is 8.13. The Morgan fingerprint density at radius 2 is 1.33 bits per heavy atom. The third-order valence-corrected chi connectivity index (χ3v) is 0.607. The van der Waals surface area contributed by atoms with E-state index < -0.39 is 0 Å². The molecule has 0 spiro atoms. The first kappa shape index (κ1) is 16.1. The molecule has 1 rings (SSSR count). The number of halogens is 1. The molecule has 0 unspecified atom stereocenters. The van der Waals surface area contributed by atoms with E-state index in [9.17, 15) is 0 Å². The fourth-order valence-electron chi connectivity index (χ4n) is 0.342. The molecule has 0 aliphatic carbocycles. The normalized spacial score (nSPS) is 5.33. The molecule has 0 heterocycles. The van der Waals surface area contributed by atoms with E-state index in [1.165, 1.54) is 0 Å². The van der Waals surface area contributed by atoms with Gasteiger partial charge in [0.25, 0.3) is 0 Å². The van der Waals surface area contributed by atoms with Crippen LogP contribution in [0.25, 0.3) is 0 Å². The zero-order chi connectivity index (χ0) is 4.24. The molecule has 46 valence electrons. The van der Waals surface area contributed by atoms with Crippen molar-refractivity contribution in [3.05, 3.63) is 43.8 Å². The van der Waals surface area contributed by atoms with Crippen LogP contribution in [0.4, 0.5) is 0 Å². The zero-order valence-corrected chi connectivity index (χ0v) is 9.29. The van der Waals surface area contributed by atoms with Crippen LogP contribution in [0.2, 0.25) is 0 Å². The summed E-state index contributed by atoms with van der Waals surface area (Å²) in [6.07, 6.45) is 0. The molecule has 0 fully saturated rings. The SMILES string of the molecule is Cl.[CH3-].[Zn+2].[c-]1ccccc1. The summed E-state index contributed by atoms with van der Waals surface area (Å²) in [6, 6.07) is 12.5. The summed E-state index contributed by atoms with van der Waals surface area (Å²) in [5, 5.41) is 0. The molecular formula is C7H9ClZn. The van der Waals surface area contributed by atoms with Crippen LogP contribution in [0, 0.1) is 13.5 Å². The maximum absolute atomic E-state index is 2.89. The summed E-state index contributed by atoms with van der Waals surface area (Å²) >= 11 is 0. The summed E-state index contributed by atoms with van der Waals surface area (Å²) in [5.74, 6) is 0. The second kappa shape index (κ2) is 11.0. The Morgan fingerprint density at radius 3 is 1.44 bits per heavy atom. The molecule has 0 bridgehead atoms. The Morgan fingerprint density at radius 1 is 0.889 bits per heavy atom. The summed E-state index contributed by atoms with van der Waals surface area (Å²) in [6.45, 7) is 0. The van der Waals surface area contributed by atoms with Crippen LogP contribution in [0.15, 0.2) is 30.3 Å². The van der Waals surface area contributed by atoms with Gasteiger partial charge in [0.1, 0.15) is 0 Å². The van der Waals surface area contributed by atoms with Gasteiger partial charge in [-0.3, -0.25) is 0 Å². The van der Waals surface area contributed by atoms with Crippen LogP contribution in [-0.4, -0.2) is 0 Å². The van der Waals surface area contributed by atoms with Gasteiger partial charge in [-0.2, -0.15) is 36.4 Å². The van der Waals surface area contributed by atoms with Crippen LogP contribution in [0.1, 0.15) is 0 Å². The molecule has 0 aromatic heterocycles. The van der Waals surface area contributed by atoms with E-state index >= 15 is 0 Å². The van der Waals surface area contributed by atoms with E-state index in [0.717, 1.165) is 0 Å². The maximum Gasteiger partial charge on any atom is 2.00 e.